The zero-order valence-corrected chi connectivity index (χ0v) is 11.3. The average Bonchev–Trinajstić information content (AvgIpc) is 2.38. The van der Waals surface area contributed by atoms with Crippen LogP contribution < -0.4 is 10.6 Å². The standard InChI is InChI=1S/C14H22N2O2/c1-4-18-10-11(2)16-13-8-6-5-7-12(13)9-14(17)15-3/h5-8,11,16H,4,9-10H2,1-3H3,(H,15,17). The van der Waals surface area contributed by atoms with Crippen molar-refractivity contribution in [3.8, 4) is 0 Å². The van der Waals surface area contributed by atoms with Gasteiger partial charge in [-0.1, -0.05) is 18.2 Å². The molecule has 1 amide bonds. The predicted molar refractivity (Wildman–Crippen MR) is 73.8 cm³/mol. The second-order valence-electron chi connectivity index (χ2n) is 4.21. The molecule has 0 fully saturated rings. The molecular formula is C14H22N2O2. The van der Waals surface area contributed by atoms with Crippen molar-refractivity contribution in [2.24, 2.45) is 0 Å². The van der Waals surface area contributed by atoms with E-state index in [2.05, 4.69) is 17.6 Å². The largest absolute Gasteiger partial charge is 0.380 e. The Balaban J connectivity index is 2.66. The highest BCUT2D eigenvalue weighted by atomic mass is 16.5. The molecule has 4 heteroatoms. The number of anilines is 1. The number of ether oxygens (including phenoxy) is 1. The van der Waals surface area contributed by atoms with Gasteiger partial charge in [-0.15, -0.1) is 0 Å². The SMILES string of the molecule is CCOCC(C)Nc1ccccc1CC(=O)NC. The van der Waals surface area contributed by atoms with Crippen LogP contribution >= 0.6 is 0 Å². The molecule has 0 spiro atoms. The summed E-state index contributed by atoms with van der Waals surface area (Å²) in [5.41, 5.74) is 1.99. The minimum absolute atomic E-state index is 0.0155. The molecule has 0 radical (unpaired) electrons. The second-order valence-corrected chi connectivity index (χ2v) is 4.21. The van der Waals surface area contributed by atoms with Gasteiger partial charge in [-0.05, 0) is 25.5 Å². The molecule has 18 heavy (non-hydrogen) atoms. The summed E-state index contributed by atoms with van der Waals surface area (Å²) in [6.45, 7) is 5.41. The summed E-state index contributed by atoms with van der Waals surface area (Å²) in [6, 6.07) is 8.07. The molecular weight excluding hydrogens is 228 g/mol. The summed E-state index contributed by atoms with van der Waals surface area (Å²) in [6.07, 6.45) is 0.390. The van der Waals surface area contributed by atoms with Crippen LogP contribution in [-0.2, 0) is 16.0 Å². The molecule has 0 aromatic heterocycles. The fraction of sp³-hybridized carbons (Fsp3) is 0.500. The van der Waals surface area contributed by atoms with Crippen LogP contribution in [0.25, 0.3) is 0 Å². The molecule has 1 rings (SSSR count). The van der Waals surface area contributed by atoms with Crippen LogP contribution in [0.4, 0.5) is 5.69 Å². The number of amides is 1. The third kappa shape index (κ3) is 4.75. The number of hydrogen-bond donors (Lipinski definition) is 2. The zero-order chi connectivity index (χ0) is 13.4. The maximum atomic E-state index is 11.4. The van der Waals surface area contributed by atoms with Crippen molar-refractivity contribution in [1.29, 1.82) is 0 Å². The molecule has 1 unspecified atom stereocenters. The van der Waals surface area contributed by atoms with Crippen LogP contribution in [0.15, 0.2) is 24.3 Å². The Morgan fingerprint density at radius 2 is 2.11 bits per heavy atom. The van der Waals surface area contributed by atoms with Crippen LogP contribution in [0.3, 0.4) is 0 Å². The van der Waals surface area contributed by atoms with Gasteiger partial charge in [0.15, 0.2) is 0 Å². The van der Waals surface area contributed by atoms with E-state index in [1.54, 1.807) is 7.05 Å². The maximum Gasteiger partial charge on any atom is 0.224 e. The van der Waals surface area contributed by atoms with Gasteiger partial charge in [0.1, 0.15) is 0 Å². The number of carbonyl (C=O) groups excluding carboxylic acids is 1. The normalized spacial score (nSPS) is 11.9. The first-order chi connectivity index (χ1) is 8.67. The Morgan fingerprint density at radius 1 is 1.39 bits per heavy atom. The highest BCUT2D eigenvalue weighted by Gasteiger charge is 2.08. The lowest BCUT2D eigenvalue weighted by atomic mass is 10.1. The minimum atomic E-state index is 0.0155. The monoisotopic (exact) mass is 250 g/mol. The molecule has 100 valence electrons. The van der Waals surface area contributed by atoms with E-state index in [0.717, 1.165) is 11.3 Å². The Morgan fingerprint density at radius 3 is 2.78 bits per heavy atom. The smallest absolute Gasteiger partial charge is 0.224 e. The van der Waals surface area contributed by atoms with E-state index >= 15 is 0 Å². The minimum Gasteiger partial charge on any atom is -0.380 e. The van der Waals surface area contributed by atoms with E-state index < -0.39 is 0 Å². The lowest BCUT2D eigenvalue weighted by molar-refractivity contribution is -0.119. The third-order valence-electron chi connectivity index (χ3n) is 2.62. The highest BCUT2D eigenvalue weighted by molar-refractivity contribution is 5.80. The number of hydrogen-bond acceptors (Lipinski definition) is 3. The van der Waals surface area contributed by atoms with Crippen LogP contribution in [-0.4, -0.2) is 32.2 Å². The first-order valence-electron chi connectivity index (χ1n) is 6.30. The molecule has 0 bridgehead atoms. The van der Waals surface area contributed by atoms with Gasteiger partial charge >= 0.3 is 0 Å². The van der Waals surface area contributed by atoms with Crippen molar-refractivity contribution in [2.75, 3.05) is 25.6 Å². The van der Waals surface area contributed by atoms with Crippen LogP contribution in [0.5, 0.6) is 0 Å². The molecule has 0 aliphatic carbocycles. The van der Waals surface area contributed by atoms with E-state index in [0.29, 0.717) is 19.6 Å². The molecule has 1 atom stereocenters. The van der Waals surface area contributed by atoms with Crippen molar-refractivity contribution >= 4 is 11.6 Å². The second kappa shape index (κ2) is 7.71. The third-order valence-corrected chi connectivity index (χ3v) is 2.62. The summed E-state index contributed by atoms with van der Waals surface area (Å²) in [5.74, 6) is 0.0155. The molecule has 0 saturated heterocycles. The van der Waals surface area contributed by atoms with Gasteiger partial charge in [0.25, 0.3) is 0 Å². The zero-order valence-electron chi connectivity index (χ0n) is 11.3. The quantitative estimate of drug-likeness (QED) is 0.776. The lowest BCUT2D eigenvalue weighted by Gasteiger charge is -2.17. The number of para-hydroxylation sites is 1. The Hall–Kier alpha value is -1.55. The summed E-state index contributed by atoms with van der Waals surface area (Å²) in [7, 11) is 1.65. The van der Waals surface area contributed by atoms with Crippen molar-refractivity contribution in [3.05, 3.63) is 29.8 Å². The molecule has 1 aromatic rings. The number of benzene rings is 1. The maximum absolute atomic E-state index is 11.4. The summed E-state index contributed by atoms with van der Waals surface area (Å²) < 4.78 is 5.37. The van der Waals surface area contributed by atoms with E-state index in [-0.39, 0.29) is 11.9 Å². The van der Waals surface area contributed by atoms with Gasteiger partial charge in [-0.2, -0.15) is 0 Å². The lowest BCUT2D eigenvalue weighted by Crippen LogP contribution is -2.24. The molecule has 0 aliphatic heterocycles. The molecule has 2 N–H and O–H groups in total. The van der Waals surface area contributed by atoms with Gasteiger partial charge in [-0.25, -0.2) is 0 Å². The Kier molecular flexibility index (Phi) is 6.22. The average molecular weight is 250 g/mol. The molecule has 1 aromatic carbocycles. The topological polar surface area (TPSA) is 50.4 Å². The van der Waals surface area contributed by atoms with E-state index in [4.69, 9.17) is 4.74 Å². The molecule has 0 heterocycles. The van der Waals surface area contributed by atoms with E-state index in [1.165, 1.54) is 0 Å². The van der Waals surface area contributed by atoms with Gasteiger partial charge in [0, 0.05) is 25.4 Å². The summed E-state index contributed by atoms with van der Waals surface area (Å²) >= 11 is 0. The van der Waals surface area contributed by atoms with E-state index in [1.807, 2.05) is 31.2 Å². The van der Waals surface area contributed by atoms with Crippen LogP contribution in [0, 0.1) is 0 Å². The van der Waals surface area contributed by atoms with Crippen LogP contribution in [0.2, 0.25) is 0 Å². The fourth-order valence-corrected chi connectivity index (χ4v) is 1.68. The van der Waals surface area contributed by atoms with Gasteiger partial charge < -0.3 is 15.4 Å². The highest BCUT2D eigenvalue weighted by Crippen LogP contribution is 2.16. The summed E-state index contributed by atoms with van der Waals surface area (Å²) in [4.78, 5) is 11.4. The predicted octanol–water partition coefficient (Wildman–Crippen LogP) is 1.81. The number of nitrogens with one attached hydrogen (secondary N) is 2. The van der Waals surface area contributed by atoms with Crippen molar-refractivity contribution in [3.63, 3.8) is 0 Å². The number of carbonyl (C=O) groups is 1. The molecule has 0 saturated carbocycles. The first-order valence-corrected chi connectivity index (χ1v) is 6.30. The van der Waals surface area contributed by atoms with Crippen molar-refractivity contribution in [1.82, 2.24) is 5.32 Å². The van der Waals surface area contributed by atoms with Crippen molar-refractivity contribution in [2.45, 2.75) is 26.3 Å². The first kappa shape index (κ1) is 14.5. The number of rotatable bonds is 7. The Bertz CT molecular complexity index is 380. The van der Waals surface area contributed by atoms with Crippen LogP contribution in [0.1, 0.15) is 19.4 Å². The van der Waals surface area contributed by atoms with Gasteiger partial charge in [-0.3, -0.25) is 4.79 Å². The van der Waals surface area contributed by atoms with Gasteiger partial charge in [0.05, 0.1) is 13.0 Å². The van der Waals surface area contributed by atoms with Crippen molar-refractivity contribution < 1.29 is 9.53 Å². The fourth-order valence-electron chi connectivity index (χ4n) is 1.68. The van der Waals surface area contributed by atoms with Gasteiger partial charge in [0.2, 0.25) is 5.91 Å². The molecule has 0 aliphatic rings. The Labute approximate surface area is 109 Å². The molecule has 4 nitrogen and oxygen atoms in total. The van der Waals surface area contributed by atoms with E-state index in [9.17, 15) is 4.79 Å². The summed E-state index contributed by atoms with van der Waals surface area (Å²) in [5, 5.41) is 6.01. The number of likely N-dealkylation sites (N-methyl/N-ethyl adjacent to an activating group) is 1.